The van der Waals surface area contributed by atoms with E-state index in [4.69, 9.17) is 5.11 Å². The quantitative estimate of drug-likeness (QED) is 0.844. The van der Waals surface area contributed by atoms with Gasteiger partial charge in [-0.15, -0.1) is 0 Å². The fourth-order valence-corrected chi connectivity index (χ4v) is 1.57. The molecule has 0 atom stereocenters. The van der Waals surface area contributed by atoms with Gasteiger partial charge < -0.3 is 15.3 Å². The molecule has 0 spiro atoms. The van der Waals surface area contributed by atoms with E-state index < -0.39 is 5.97 Å². The van der Waals surface area contributed by atoms with Crippen LogP contribution >= 0.6 is 0 Å². The van der Waals surface area contributed by atoms with Gasteiger partial charge in [0.15, 0.2) is 0 Å². The number of nitrogens with zero attached hydrogens (tertiary/aromatic N) is 1. The summed E-state index contributed by atoms with van der Waals surface area (Å²) in [5.74, 6) is -0.978. The van der Waals surface area contributed by atoms with Crippen molar-refractivity contribution in [2.45, 2.75) is 20.3 Å². The second-order valence-electron chi connectivity index (χ2n) is 3.89. The molecule has 0 unspecified atom stereocenters. The minimum atomic E-state index is -0.978. The van der Waals surface area contributed by atoms with E-state index in [2.05, 4.69) is 5.32 Å². The van der Waals surface area contributed by atoms with Crippen LogP contribution in [0.15, 0.2) is 24.3 Å². The van der Waals surface area contributed by atoms with E-state index >= 15 is 0 Å². The Hall–Kier alpha value is -2.04. The number of hydrogen-bond donors (Lipinski definition) is 2. The number of carboxylic acid groups (broad SMARTS) is 1. The highest BCUT2D eigenvalue weighted by Gasteiger charge is 2.10. The number of anilines is 1. The first kappa shape index (κ1) is 14.0. The smallest absolute Gasteiger partial charge is 0.335 e. The molecule has 0 aliphatic rings. The Balaban J connectivity index is 2.66. The number of nitrogens with one attached hydrogen (secondary N) is 1. The number of hydrogen-bond acceptors (Lipinski definition) is 2. The fraction of sp³-hybridized carbons (Fsp3) is 0.385. The Morgan fingerprint density at radius 2 is 1.83 bits per heavy atom. The highest BCUT2D eigenvalue weighted by molar-refractivity contribution is 5.91. The maximum absolute atomic E-state index is 11.9. The number of amides is 2. The van der Waals surface area contributed by atoms with Crippen LogP contribution in [0.1, 0.15) is 30.6 Å². The third kappa shape index (κ3) is 3.76. The molecule has 2 N–H and O–H groups in total. The molecule has 0 radical (unpaired) electrons. The first-order valence-electron chi connectivity index (χ1n) is 5.97. The molecule has 0 aliphatic heterocycles. The summed E-state index contributed by atoms with van der Waals surface area (Å²) in [6.07, 6.45) is 0.902. The van der Waals surface area contributed by atoms with Gasteiger partial charge >= 0.3 is 12.0 Å². The van der Waals surface area contributed by atoms with Crippen LogP contribution in [0, 0.1) is 0 Å². The average molecular weight is 250 g/mol. The third-order valence-corrected chi connectivity index (χ3v) is 2.55. The van der Waals surface area contributed by atoms with Crippen LogP contribution in [0.2, 0.25) is 0 Å². The van der Waals surface area contributed by atoms with Crippen molar-refractivity contribution >= 4 is 17.7 Å². The van der Waals surface area contributed by atoms with Gasteiger partial charge in [0.1, 0.15) is 0 Å². The van der Waals surface area contributed by atoms with E-state index in [1.807, 2.05) is 13.8 Å². The van der Waals surface area contributed by atoms with Crippen LogP contribution in [-0.2, 0) is 0 Å². The summed E-state index contributed by atoms with van der Waals surface area (Å²) in [6, 6.07) is 5.94. The van der Waals surface area contributed by atoms with Crippen LogP contribution in [0.5, 0.6) is 0 Å². The van der Waals surface area contributed by atoms with Crippen molar-refractivity contribution in [2.75, 3.05) is 18.4 Å². The largest absolute Gasteiger partial charge is 0.478 e. The number of benzene rings is 1. The molecule has 0 saturated heterocycles. The van der Waals surface area contributed by atoms with E-state index in [1.165, 1.54) is 12.1 Å². The van der Waals surface area contributed by atoms with E-state index in [0.29, 0.717) is 18.8 Å². The van der Waals surface area contributed by atoms with Gasteiger partial charge in [0.2, 0.25) is 0 Å². The summed E-state index contributed by atoms with van der Waals surface area (Å²) in [4.78, 5) is 24.2. The van der Waals surface area contributed by atoms with Crippen molar-refractivity contribution in [3.63, 3.8) is 0 Å². The molecular weight excluding hydrogens is 232 g/mol. The first-order chi connectivity index (χ1) is 8.58. The highest BCUT2D eigenvalue weighted by Crippen LogP contribution is 2.10. The van der Waals surface area contributed by atoms with Crippen molar-refractivity contribution < 1.29 is 14.7 Å². The lowest BCUT2D eigenvalue weighted by atomic mass is 10.2. The zero-order chi connectivity index (χ0) is 13.5. The molecular formula is C13H18N2O3. The first-order valence-corrected chi connectivity index (χ1v) is 5.97. The lowest BCUT2D eigenvalue weighted by Crippen LogP contribution is -2.35. The summed E-state index contributed by atoms with van der Waals surface area (Å²) in [6.45, 7) is 5.28. The molecule has 5 heteroatoms. The highest BCUT2D eigenvalue weighted by atomic mass is 16.4. The third-order valence-electron chi connectivity index (χ3n) is 2.55. The lowest BCUT2D eigenvalue weighted by Gasteiger charge is -2.20. The topological polar surface area (TPSA) is 69.6 Å². The average Bonchev–Trinajstić information content (AvgIpc) is 2.36. The summed E-state index contributed by atoms with van der Waals surface area (Å²) in [5.41, 5.74) is 0.799. The van der Waals surface area contributed by atoms with Crippen molar-refractivity contribution in [1.82, 2.24) is 4.90 Å². The molecule has 98 valence electrons. The number of rotatable bonds is 5. The summed E-state index contributed by atoms with van der Waals surface area (Å²) >= 11 is 0. The Morgan fingerprint density at radius 3 is 2.28 bits per heavy atom. The molecule has 0 heterocycles. The Kier molecular flexibility index (Phi) is 5.17. The predicted molar refractivity (Wildman–Crippen MR) is 70.0 cm³/mol. The summed E-state index contributed by atoms with van der Waals surface area (Å²) < 4.78 is 0. The number of carbonyl (C=O) groups is 2. The maximum Gasteiger partial charge on any atom is 0.335 e. The monoisotopic (exact) mass is 250 g/mol. The van der Waals surface area contributed by atoms with Crippen molar-refractivity contribution in [1.29, 1.82) is 0 Å². The second kappa shape index (κ2) is 6.64. The predicted octanol–water partition coefficient (Wildman–Crippen LogP) is 2.65. The van der Waals surface area contributed by atoms with E-state index in [0.717, 1.165) is 6.42 Å². The second-order valence-corrected chi connectivity index (χ2v) is 3.89. The molecule has 1 rings (SSSR count). The van der Waals surface area contributed by atoms with Gasteiger partial charge in [0, 0.05) is 18.8 Å². The molecule has 0 aromatic heterocycles. The van der Waals surface area contributed by atoms with Crippen LogP contribution in [-0.4, -0.2) is 35.1 Å². The zero-order valence-corrected chi connectivity index (χ0v) is 10.6. The molecule has 1 aromatic carbocycles. The van der Waals surface area contributed by atoms with E-state index in [9.17, 15) is 9.59 Å². The van der Waals surface area contributed by atoms with Gasteiger partial charge in [0.25, 0.3) is 0 Å². The van der Waals surface area contributed by atoms with Crippen molar-refractivity contribution in [2.24, 2.45) is 0 Å². The number of aromatic carboxylic acids is 1. The number of urea groups is 1. The number of carbonyl (C=O) groups excluding carboxylic acids is 1. The molecule has 0 fully saturated rings. The molecule has 0 bridgehead atoms. The maximum atomic E-state index is 11.9. The fourth-order valence-electron chi connectivity index (χ4n) is 1.57. The van der Waals surface area contributed by atoms with Gasteiger partial charge in [0.05, 0.1) is 5.56 Å². The molecule has 1 aromatic rings. The minimum absolute atomic E-state index is 0.164. The van der Waals surface area contributed by atoms with Gasteiger partial charge in [-0.3, -0.25) is 0 Å². The van der Waals surface area contributed by atoms with Crippen molar-refractivity contribution in [3.05, 3.63) is 29.8 Å². The molecule has 2 amide bonds. The number of carboxylic acids is 1. The van der Waals surface area contributed by atoms with Gasteiger partial charge in [-0.05, 0) is 37.6 Å². The Bertz CT molecular complexity index is 415. The normalized spacial score (nSPS) is 9.89. The standard InChI is InChI=1S/C13H18N2O3/c1-3-9-15(4-2)13(18)14-11-7-5-10(6-8-11)12(16)17/h5-8H,3-4,9H2,1-2H3,(H,14,18)(H,16,17). The van der Waals surface area contributed by atoms with Gasteiger partial charge in [-0.1, -0.05) is 6.92 Å². The summed E-state index contributed by atoms with van der Waals surface area (Å²) in [7, 11) is 0. The van der Waals surface area contributed by atoms with Crippen LogP contribution in [0.4, 0.5) is 10.5 Å². The molecule has 0 saturated carbocycles. The SMILES string of the molecule is CCCN(CC)C(=O)Nc1ccc(C(=O)O)cc1. The zero-order valence-electron chi connectivity index (χ0n) is 10.6. The van der Waals surface area contributed by atoms with Crippen LogP contribution in [0.3, 0.4) is 0 Å². The van der Waals surface area contributed by atoms with Gasteiger partial charge in [-0.25, -0.2) is 9.59 Å². The van der Waals surface area contributed by atoms with Gasteiger partial charge in [-0.2, -0.15) is 0 Å². The minimum Gasteiger partial charge on any atom is -0.478 e. The van der Waals surface area contributed by atoms with Crippen LogP contribution < -0.4 is 5.32 Å². The van der Waals surface area contributed by atoms with E-state index in [1.54, 1.807) is 17.0 Å². The summed E-state index contributed by atoms with van der Waals surface area (Å²) in [5, 5.41) is 11.5. The Labute approximate surface area is 106 Å². The van der Waals surface area contributed by atoms with E-state index in [-0.39, 0.29) is 11.6 Å². The lowest BCUT2D eigenvalue weighted by molar-refractivity contribution is 0.0697. The van der Waals surface area contributed by atoms with Crippen molar-refractivity contribution in [3.8, 4) is 0 Å². The van der Waals surface area contributed by atoms with Crippen LogP contribution in [0.25, 0.3) is 0 Å². The Morgan fingerprint density at radius 1 is 1.22 bits per heavy atom. The molecule has 18 heavy (non-hydrogen) atoms. The molecule has 0 aliphatic carbocycles. The molecule has 5 nitrogen and oxygen atoms in total.